The molecule has 0 radical (unpaired) electrons. The van der Waals surface area contributed by atoms with Crippen molar-refractivity contribution in [1.29, 1.82) is 0 Å². The fraction of sp³-hybridized carbons (Fsp3) is 0.324. The first-order valence-electron chi connectivity index (χ1n) is 15.2. The molecule has 0 saturated carbocycles. The van der Waals surface area contributed by atoms with Crippen LogP contribution in [0.2, 0.25) is 0 Å². The maximum absolute atomic E-state index is 14.3. The number of carbonyl (C=O) groups excluding carboxylic acids is 3. The SMILES string of the molecule is CC(C)(C)[C@H](NC(=O)c1cc2cc(C(F)(F)P(=O)(O)O)ccc2[nH]1)C(=O)N1CCC[C@H]1C(=O)NC(c1ccccc1)c1ccccc1. The molecule has 2 heterocycles. The van der Waals surface area contributed by atoms with Gasteiger partial charge in [-0.1, -0.05) is 87.5 Å². The average molecular weight is 667 g/mol. The molecular formula is C34H37F2N4O6P. The van der Waals surface area contributed by atoms with Gasteiger partial charge in [-0.2, -0.15) is 8.78 Å². The number of likely N-dealkylation sites (tertiary alicyclic amines) is 1. The number of nitrogens with one attached hydrogen (secondary N) is 3. The number of fused-ring (bicyclic) bond motifs is 1. The van der Waals surface area contributed by atoms with Gasteiger partial charge in [-0.25, -0.2) is 0 Å². The first-order valence-corrected chi connectivity index (χ1v) is 16.8. The van der Waals surface area contributed by atoms with Crippen LogP contribution in [0.25, 0.3) is 10.9 Å². The van der Waals surface area contributed by atoms with Crippen LogP contribution >= 0.6 is 7.60 Å². The summed E-state index contributed by atoms with van der Waals surface area (Å²) in [6, 6.07) is 21.0. The second-order valence-corrected chi connectivity index (χ2v) is 14.4. The largest absolute Gasteiger partial charge is 0.399 e. The Balaban J connectivity index is 1.36. The minimum absolute atomic E-state index is 0.0389. The predicted molar refractivity (Wildman–Crippen MR) is 173 cm³/mol. The molecule has 47 heavy (non-hydrogen) atoms. The normalized spacial score (nSPS) is 16.3. The fourth-order valence-electron chi connectivity index (χ4n) is 5.83. The Kier molecular flexibility index (Phi) is 9.41. The number of amides is 3. The van der Waals surface area contributed by atoms with Gasteiger partial charge in [0.25, 0.3) is 5.91 Å². The molecule has 248 valence electrons. The van der Waals surface area contributed by atoms with Crippen molar-refractivity contribution < 1.29 is 37.5 Å². The summed E-state index contributed by atoms with van der Waals surface area (Å²) >= 11 is 0. The minimum atomic E-state index is -5.79. The number of aromatic amines is 1. The van der Waals surface area contributed by atoms with Gasteiger partial charge < -0.3 is 30.3 Å². The Hall–Kier alpha value is -4.38. The van der Waals surface area contributed by atoms with E-state index in [-0.39, 0.29) is 22.5 Å². The van der Waals surface area contributed by atoms with Gasteiger partial charge >= 0.3 is 13.3 Å². The molecule has 0 bridgehead atoms. The fourth-order valence-corrected chi connectivity index (χ4v) is 6.30. The van der Waals surface area contributed by atoms with E-state index in [1.54, 1.807) is 20.8 Å². The third kappa shape index (κ3) is 7.15. The zero-order chi connectivity index (χ0) is 34.1. The van der Waals surface area contributed by atoms with E-state index in [0.29, 0.717) is 19.4 Å². The van der Waals surface area contributed by atoms with E-state index in [4.69, 9.17) is 9.79 Å². The molecule has 2 atom stereocenters. The Bertz CT molecular complexity index is 1780. The van der Waals surface area contributed by atoms with Crippen LogP contribution in [-0.4, -0.2) is 56.0 Å². The molecule has 5 rings (SSSR count). The zero-order valence-corrected chi connectivity index (χ0v) is 27.0. The number of carbonyl (C=O) groups is 3. The topological polar surface area (TPSA) is 152 Å². The summed E-state index contributed by atoms with van der Waals surface area (Å²) in [5, 5.41) is 6.03. The molecule has 3 amide bonds. The number of halogens is 2. The van der Waals surface area contributed by atoms with E-state index in [9.17, 15) is 27.7 Å². The standard InChI is InChI=1S/C34H37F2N4O6P/c1-33(2,3)29(39-30(41)26-20-23-19-24(16-17-25(23)37-26)34(35,36)47(44,45)46)32(43)40-18-10-15-27(40)31(42)38-28(21-11-6-4-7-12-21)22-13-8-5-9-14-22/h4-9,11-14,16-17,19-20,27-29,37H,10,15,18H2,1-3H3,(H,38,42)(H,39,41)(H2,44,45,46)/t27-,29+/m0/s1. The summed E-state index contributed by atoms with van der Waals surface area (Å²) < 4.78 is 40.0. The Morgan fingerprint density at radius 2 is 1.51 bits per heavy atom. The lowest BCUT2D eigenvalue weighted by Crippen LogP contribution is -2.57. The van der Waals surface area contributed by atoms with E-state index in [2.05, 4.69) is 15.6 Å². The van der Waals surface area contributed by atoms with Crippen LogP contribution in [0.5, 0.6) is 0 Å². The molecule has 0 unspecified atom stereocenters. The van der Waals surface area contributed by atoms with Crippen molar-refractivity contribution in [3.8, 4) is 0 Å². The van der Waals surface area contributed by atoms with Gasteiger partial charge in [0.05, 0.1) is 6.04 Å². The van der Waals surface area contributed by atoms with Crippen LogP contribution in [0.3, 0.4) is 0 Å². The lowest BCUT2D eigenvalue weighted by Gasteiger charge is -2.35. The summed E-state index contributed by atoms with van der Waals surface area (Å²) in [6.07, 6.45) is 1.04. The maximum Gasteiger partial charge on any atom is 0.399 e. The molecule has 3 aromatic carbocycles. The summed E-state index contributed by atoms with van der Waals surface area (Å²) in [5.41, 5.74) is -4.07. The number of nitrogens with zero attached hydrogens (tertiary/aromatic N) is 1. The third-order valence-electron chi connectivity index (χ3n) is 8.36. The van der Waals surface area contributed by atoms with Gasteiger partial charge in [0.1, 0.15) is 17.8 Å². The number of H-pyrrole nitrogens is 1. The molecule has 5 N–H and O–H groups in total. The van der Waals surface area contributed by atoms with E-state index >= 15 is 0 Å². The van der Waals surface area contributed by atoms with Crippen molar-refractivity contribution in [2.75, 3.05) is 6.54 Å². The van der Waals surface area contributed by atoms with Crippen LogP contribution in [-0.2, 0) is 19.8 Å². The van der Waals surface area contributed by atoms with Crippen LogP contribution in [0.15, 0.2) is 84.9 Å². The van der Waals surface area contributed by atoms with Gasteiger partial charge in [-0.3, -0.25) is 18.9 Å². The number of aromatic nitrogens is 1. The lowest BCUT2D eigenvalue weighted by atomic mass is 9.85. The highest BCUT2D eigenvalue weighted by Gasteiger charge is 2.50. The highest BCUT2D eigenvalue weighted by molar-refractivity contribution is 7.52. The van der Waals surface area contributed by atoms with Crippen molar-refractivity contribution in [3.63, 3.8) is 0 Å². The van der Waals surface area contributed by atoms with Crippen molar-refractivity contribution in [2.45, 2.75) is 57.4 Å². The number of benzene rings is 3. The quantitative estimate of drug-likeness (QED) is 0.150. The molecule has 0 aliphatic carbocycles. The number of hydrogen-bond acceptors (Lipinski definition) is 4. The highest BCUT2D eigenvalue weighted by atomic mass is 31.2. The van der Waals surface area contributed by atoms with Gasteiger partial charge in [0, 0.05) is 23.0 Å². The van der Waals surface area contributed by atoms with E-state index in [0.717, 1.165) is 23.3 Å². The Morgan fingerprint density at radius 1 is 0.915 bits per heavy atom. The minimum Gasteiger partial charge on any atom is -0.351 e. The monoisotopic (exact) mass is 666 g/mol. The molecule has 0 spiro atoms. The number of hydrogen-bond donors (Lipinski definition) is 5. The van der Waals surface area contributed by atoms with Crippen molar-refractivity contribution in [2.24, 2.45) is 5.41 Å². The van der Waals surface area contributed by atoms with Gasteiger partial charge in [0.2, 0.25) is 11.8 Å². The van der Waals surface area contributed by atoms with Crippen LogP contribution < -0.4 is 10.6 Å². The van der Waals surface area contributed by atoms with Gasteiger partial charge in [-0.15, -0.1) is 0 Å². The summed E-state index contributed by atoms with van der Waals surface area (Å²) in [5.74, 6) is -1.43. The predicted octanol–water partition coefficient (Wildman–Crippen LogP) is 5.44. The summed E-state index contributed by atoms with van der Waals surface area (Å²) in [7, 11) is -5.79. The van der Waals surface area contributed by atoms with Crippen LogP contribution in [0.4, 0.5) is 8.78 Å². The van der Waals surface area contributed by atoms with Gasteiger partial charge in [0.15, 0.2) is 0 Å². The molecule has 13 heteroatoms. The summed E-state index contributed by atoms with van der Waals surface area (Å²) in [6.45, 7) is 5.67. The van der Waals surface area contributed by atoms with E-state index in [1.807, 2.05) is 60.7 Å². The maximum atomic E-state index is 14.3. The summed E-state index contributed by atoms with van der Waals surface area (Å²) in [4.78, 5) is 63.9. The highest BCUT2D eigenvalue weighted by Crippen LogP contribution is 2.59. The molecule has 4 aromatic rings. The zero-order valence-electron chi connectivity index (χ0n) is 26.1. The van der Waals surface area contributed by atoms with Crippen LogP contribution in [0, 0.1) is 5.41 Å². The first-order chi connectivity index (χ1) is 22.1. The Labute approximate surface area is 270 Å². The molecule has 10 nitrogen and oxygen atoms in total. The van der Waals surface area contributed by atoms with Crippen LogP contribution in [0.1, 0.15) is 66.8 Å². The molecular weight excluding hydrogens is 629 g/mol. The second-order valence-electron chi connectivity index (χ2n) is 12.8. The second kappa shape index (κ2) is 13.0. The molecule has 1 aromatic heterocycles. The van der Waals surface area contributed by atoms with E-state index < -0.39 is 54.2 Å². The number of rotatable bonds is 9. The van der Waals surface area contributed by atoms with Crippen molar-refractivity contribution >= 4 is 36.2 Å². The Morgan fingerprint density at radius 3 is 2.06 bits per heavy atom. The molecule has 1 aliphatic rings. The van der Waals surface area contributed by atoms with E-state index in [1.165, 1.54) is 17.0 Å². The molecule has 1 saturated heterocycles. The van der Waals surface area contributed by atoms with Crippen molar-refractivity contribution in [3.05, 3.63) is 107 Å². The molecule has 1 fully saturated rings. The average Bonchev–Trinajstić information content (AvgIpc) is 3.69. The third-order valence-corrected chi connectivity index (χ3v) is 9.35. The van der Waals surface area contributed by atoms with Gasteiger partial charge in [-0.05, 0) is 47.6 Å². The first kappa shape index (κ1) is 34.0. The van der Waals surface area contributed by atoms with Crippen molar-refractivity contribution in [1.82, 2.24) is 20.5 Å². The molecule has 1 aliphatic heterocycles. The number of alkyl halides is 2. The smallest absolute Gasteiger partial charge is 0.351 e. The lowest BCUT2D eigenvalue weighted by molar-refractivity contribution is -0.142.